The number of hydrogen-bond donors (Lipinski definition) is 0. The molecule has 1 aliphatic carbocycles. The van der Waals surface area contributed by atoms with Gasteiger partial charge in [0.1, 0.15) is 5.82 Å². The fraction of sp³-hybridized carbons (Fsp3) is 0.364. The van der Waals surface area contributed by atoms with Gasteiger partial charge in [0, 0.05) is 40.4 Å². The first-order chi connectivity index (χ1) is 23.5. The van der Waals surface area contributed by atoms with Crippen molar-refractivity contribution in [2.24, 2.45) is 11.8 Å². The second-order valence-corrected chi connectivity index (χ2v) is 14.8. The molecule has 0 saturated heterocycles. The average molecular weight is 844 g/mol. The minimum absolute atomic E-state index is 0. The summed E-state index contributed by atoms with van der Waals surface area (Å²) in [5, 5.41) is 7.66. The van der Waals surface area contributed by atoms with Gasteiger partial charge in [0.2, 0.25) is 0 Å². The van der Waals surface area contributed by atoms with E-state index in [2.05, 4.69) is 138 Å². The number of rotatable bonds is 8. The summed E-state index contributed by atoms with van der Waals surface area (Å²) in [6.45, 7) is 20.5. The molecular weight excluding hydrogens is 796 g/mol. The van der Waals surface area contributed by atoms with Crippen LogP contribution in [0.5, 0.6) is 11.5 Å². The summed E-state index contributed by atoms with van der Waals surface area (Å²) in [6, 6.07) is 28.3. The molecule has 5 nitrogen and oxygen atoms in total. The largest absolute Gasteiger partial charge is 2.00 e. The molecule has 6 heteroatoms. The molecule has 0 N–H and O–H groups in total. The van der Waals surface area contributed by atoms with E-state index in [0.29, 0.717) is 35.2 Å². The Hall–Kier alpha value is -3.95. The van der Waals surface area contributed by atoms with Gasteiger partial charge in [-0.05, 0) is 78.8 Å². The Kier molecular flexibility index (Phi) is 10.3. The molecule has 0 spiro atoms. The SMILES string of the molecule is CCc1cc(Oc2[c-]c3c(cc2)c2ccccc2n3-c2cc(C)ccn2)[c-]c(-n2nc(C(C)C)c(C3C(C)=C[C@H](C)C[C@@H]3C)c2C(C)C)c1.[Pt+2]. The maximum absolute atomic E-state index is 6.65. The topological polar surface area (TPSA) is 44.9 Å². The van der Waals surface area contributed by atoms with Crippen molar-refractivity contribution in [3.63, 3.8) is 0 Å². The van der Waals surface area contributed by atoms with Crippen LogP contribution in [0.3, 0.4) is 0 Å². The van der Waals surface area contributed by atoms with Crippen LogP contribution in [-0.2, 0) is 27.5 Å². The molecule has 3 aromatic heterocycles. The molecule has 3 aromatic carbocycles. The van der Waals surface area contributed by atoms with Gasteiger partial charge in [-0.1, -0.05) is 90.3 Å². The van der Waals surface area contributed by atoms with E-state index in [1.807, 2.05) is 18.3 Å². The van der Waals surface area contributed by atoms with Gasteiger partial charge in [-0.25, -0.2) is 4.98 Å². The molecule has 0 fully saturated rings. The van der Waals surface area contributed by atoms with E-state index < -0.39 is 0 Å². The zero-order valence-corrected chi connectivity index (χ0v) is 33.0. The first-order valence-electron chi connectivity index (χ1n) is 18.0. The van der Waals surface area contributed by atoms with Crippen LogP contribution in [0, 0.1) is 30.9 Å². The van der Waals surface area contributed by atoms with Gasteiger partial charge in [-0.15, -0.1) is 35.7 Å². The Morgan fingerprint density at radius 1 is 0.900 bits per heavy atom. The Balaban J connectivity index is 0.00000432. The molecule has 3 heterocycles. The quantitative estimate of drug-likeness (QED) is 0.113. The summed E-state index contributed by atoms with van der Waals surface area (Å²) in [5.41, 5.74) is 10.6. The van der Waals surface area contributed by atoms with E-state index in [1.165, 1.54) is 34.5 Å². The molecule has 1 aliphatic rings. The second-order valence-electron chi connectivity index (χ2n) is 14.8. The van der Waals surface area contributed by atoms with Gasteiger partial charge in [-0.2, -0.15) is 16.7 Å². The summed E-state index contributed by atoms with van der Waals surface area (Å²) < 4.78 is 11.0. The monoisotopic (exact) mass is 843 g/mol. The Morgan fingerprint density at radius 2 is 1.68 bits per heavy atom. The van der Waals surface area contributed by atoms with Crippen molar-refractivity contribution in [1.82, 2.24) is 19.3 Å². The second kappa shape index (κ2) is 14.3. The van der Waals surface area contributed by atoms with E-state index >= 15 is 0 Å². The van der Waals surface area contributed by atoms with E-state index in [4.69, 9.17) is 14.8 Å². The van der Waals surface area contributed by atoms with Crippen molar-refractivity contribution in [3.05, 3.63) is 119 Å². The minimum Gasteiger partial charge on any atom is -0.509 e. The van der Waals surface area contributed by atoms with Gasteiger partial charge < -0.3 is 9.30 Å². The zero-order valence-electron chi connectivity index (χ0n) is 30.7. The number of pyridine rings is 1. The summed E-state index contributed by atoms with van der Waals surface area (Å²) in [5.74, 6) is 4.26. The molecule has 6 aromatic rings. The maximum atomic E-state index is 6.65. The number of ether oxygens (including phenoxy) is 1. The number of para-hydroxylation sites is 1. The Labute approximate surface area is 312 Å². The van der Waals surface area contributed by atoms with Crippen molar-refractivity contribution in [2.45, 2.75) is 92.9 Å². The molecule has 260 valence electrons. The van der Waals surface area contributed by atoms with Crippen LogP contribution in [0.25, 0.3) is 33.3 Å². The van der Waals surface area contributed by atoms with E-state index in [-0.39, 0.29) is 27.0 Å². The third-order valence-corrected chi connectivity index (χ3v) is 10.2. The third-order valence-electron chi connectivity index (χ3n) is 10.2. The van der Waals surface area contributed by atoms with E-state index in [1.54, 1.807) is 0 Å². The number of fused-ring (bicyclic) bond motifs is 3. The first kappa shape index (κ1) is 35.9. The molecule has 7 rings (SSSR count). The summed E-state index contributed by atoms with van der Waals surface area (Å²) in [6.07, 6.45) is 6.41. The van der Waals surface area contributed by atoms with Crippen LogP contribution >= 0.6 is 0 Å². The fourth-order valence-corrected chi connectivity index (χ4v) is 8.14. The van der Waals surface area contributed by atoms with Gasteiger partial charge >= 0.3 is 21.1 Å². The maximum Gasteiger partial charge on any atom is 2.00 e. The van der Waals surface area contributed by atoms with E-state index in [0.717, 1.165) is 45.3 Å². The van der Waals surface area contributed by atoms with Gasteiger partial charge in [-0.3, -0.25) is 4.68 Å². The summed E-state index contributed by atoms with van der Waals surface area (Å²) in [7, 11) is 0. The Morgan fingerprint density at radius 3 is 2.38 bits per heavy atom. The zero-order chi connectivity index (χ0) is 34.6. The number of aryl methyl sites for hydroxylation is 2. The molecular formula is C44H48N4OPt. The van der Waals surface area contributed by atoms with Crippen molar-refractivity contribution < 1.29 is 25.8 Å². The van der Waals surface area contributed by atoms with Crippen LogP contribution in [0.4, 0.5) is 0 Å². The van der Waals surface area contributed by atoms with E-state index in [9.17, 15) is 0 Å². The third kappa shape index (κ3) is 6.50. The minimum atomic E-state index is 0. The smallest absolute Gasteiger partial charge is 0.509 e. The first-order valence-corrected chi connectivity index (χ1v) is 18.0. The average Bonchev–Trinajstić information content (AvgIpc) is 3.61. The van der Waals surface area contributed by atoms with Crippen LogP contribution < -0.4 is 4.74 Å². The Bertz CT molecular complexity index is 2200. The van der Waals surface area contributed by atoms with Crippen LogP contribution in [0.1, 0.15) is 108 Å². The number of allylic oxidation sites excluding steroid dienone is 2. The van der Waals surface area contributed by atoms with Gasteiger partial charge in [0.15, 0.2) is 0 Å². The molecule has 1 unspecified atom stereocenters. The molecule has 3 atom stereocenters. The van der Waals surface area contributed by atoms with Crippen molar-refractivity contribution >= 4 is 21.8 Å². The van der Waals surface area contributed by atoms with Gasteiger partial charge in [0.05, 0.1) is 5.69 Å². The fourth-order valence-electron chi connectivity index (χ4n) is 8.14. The van der Waals surface area contributed by atoms with Crippen LogP contribution in [0.2, 0.25) is 0 Å². The van der Waals surface area contributed by atoms with Crippen molar-refractivity contribution in [3.8, 4) is 23.0 Å². The molecule has 0 amide bonds. The van der Waals surface area contributed by atoms with Crippen LogP contribution in [0.15, 0.2) is 78.5 Å². The predicted molar refractivity (Wildman–Crippen MR) is 202 cm³/mol. The van der Waals surface area contributed by atoms with Crippen molar-refractivity contribution in [2.75, 3.05) is 0 Å². The summed E-state index contributed by atoms with van der Waals surface area (Å²) in [4.78, 5) is 4.74. The van der Waals surface area contributed by atoms with Gasteiger partial charge in [0.25, 0.3) is 0 Å². The molecule has 50 heavy (non-hydrogen) atoms. The molecule has 0 aliphatic heterocycles. The van der Waals surface area contributed by atoms with Crippen LogP contribution in [-0.4, -0.2) is 19.3 Å². The standard InChI is InChI=1S/C44H48N4O.Pt/c1-10-32-22-33(48-44(27(4)5)42(43(46-48)26(2)3)41-30(8)19-29(7)20-31(41)9)24-35(23-32)49-34-15-16-37-36-13-11-12-14-38(36)47(39(37)25-34)40-21-28(6)17-18-45-40;/h11-19,21-23,26-27,29,31,41H,10,20H2,1-9H3;/q-2;+2/t29-,31-,41?;/m0./s1. The van der Waals surface area contributed by atoms with Crippen molar-refractivity contribution in [1.29, 1.82) is 0 Å². The number of benzene rings is 3. The predicted octanol–water partition coefficient (Wildman–Crippen LogP) is 11.6. The molecule has 0 radical (unpaired) electrons. The number of aromatic nitrogens is 4. The molecule has 0 bridgehead atoms. The number of nitrogens with zero attached hydrogens (tertiary/aromatic N) is 4. The summed E-state index contributed by atoms with van der Waals surface area (Å²) >= 11 is 0. The number of hydrogen-bond acceptors (Lipinski definition) is 3. The molecule has 0 saturated carbocycles. The normalized spacial score (nSPS) is 17.8.